The van der Waals surface area contributed by atoms with E-state index in [2.05, 4.69) is 0 Å². The van der Waals surface area contributed by atoms with Gasteiger partial charge in [0.15, 0.2) is 6.10 Å². The molecule has 2 aliphatic heterocycles. The van der Waals surface area contributed by atoms with E-state index in [-0.39, 0.29) is 30.6 Å². The van der Waals surface area contributed by atoms with Crippen LogP contribution in [-0.2, 0) is 27.3 Å². The highest BCUT2D eigenvalue weighted by Gasteiger charge is 2.45. The van der Waals surface area contributed by atoms with E-state index in [4.69, 9.17) is 4.74 Å². The van der Waals surface area contributed by atoms with Crippen molar-refractivity contribution in [3.05, 3.63) is 143 Å². The molecule has 1 atom stereocenters. The molecule has 0 spiro atoms. The van der Waals surface area contributed by atoms with Gasteiger partial charge in [-0.15, -0.1) is 0 Å². The number of benzene rings is 4. The summed E-state index contributed by atoms with van der Waals surface area (Å²) in [6.07, 6.45) is -0.487. The topological polar surface area (TPSA) is 84.0 Å². The molecule has 0 radical (unpaired) electrons. The number of amides is 3. The molecule has 6 rings (SSSR count). The van der Waals surface area contributed by atoms with Crippen LogP contribution < -0.4 is 0 Å². The summed E-state index contributed by atoms with van der Waals surface area (Å²) in [6, 6.07) is 31.8. The van der Waals surface area contributed by atoms with E-state index >= 15 is 0 Å². The van der Waals surface area contributed by atoms with Gasteiger partial charge in [-0.3, -0.25) is 24.1 Å². The lowest BCUT2D eigenvalue weighted by Gasteiger charge is -2.29. The molecule has 198 valence electrons. The molecular formula is C33H26N2O5. The summed E-state index contributed by atoms with van der Waals surface area (Å²) in [5, 5.41) is 0. The zero-order valence-corrected chi connectivity index (χ0v) is 21.6. The second-order valence-electron chi connectivity index (χ2n) is 9.90. The first-order valence-electron chi connectivity index (χ1n) is 13.1. The number of nitrogens with zero attached hydrogens (tertiary/aromatic N) is 2. The van der Waals surface area contributed by atoms with Gasteiger partial charge in [0, 0.05) is 13.0 Å². The van der Waals surface area contributed by atoms with Gasteiger partial charge in [0.25, 0.3) is 11.8 Å². The maximum absolute atomic E-state index is 14.0. The van der Waals surface area contributed by atoms with Crippen LogP contribution in [0.25, 0.3) is 0 Å². The number of hydrogen-bond donors (Lipinski definition) is 0. The Morgan fingerprint density at radius 2 is 1.20 bits per heavy atom. The smallest absolute Gasteiger partial charge is 0.326 e. The molecule has 0 saturated carbocycles. The van der Waals surface area contributed by atoms with Gasteiger partial charge in [-0.05, 0) is 34.4 Å². The minimum absolute atomic E-state index is 0.158. The Morgan fingerprint density at radius 3 is 1.77 bits per heavy atom. The molecule has 2 aliphatic rings. The van der Waals surface area contributed by atoms with Crippen LogP contribution in [0.4, 0.5) is 0 Å². The van der Waals surface area contributed by atoms with Crippen LogP contribution >= 0.6 is 0 Å². The van der Waals surface area contributed by atoms with Gasteiger partial charge in [-0.25, -0.2) is 0 Å². The highest BCUT2D eigenvalue weighted by molar-refractivity contribution is 6.23. The zero-order valence-electron chi connectivity index (χ0n) is 21.6. The van der Waals surface area contributed by atoms with Crippen molar-refractivity contribution in [1.82, 2.24) is 9.80 Å². The fraction of sp³-hybridized carbons (Fsp3) is 0.152. The molecule has 3 amide bonds. The Labute approximate surface area is 231 Å². The molecule has 4 aromatic carbocycles. The number of fused-ring (bicyclic) bond motifs is 2. The number of carbonyl (C=O) groups excluding carboxylic acids is 4. The Kier molecular flexibility index (Phi) is 6.70. The molecule has 7 nitrogen and oxygen atoms in total. The molecule has 0 N–H and O–H groups in total. The number of imide groups is 1. The van der Waals surface area contributed by atoms with Crippen LogP contribution in [0.5, 0.6) is 0 Å². The summed E-state index contributed by atoms with van der Waals surface area (Å²) in [6.45, 7) is -0.172. The average molecular weight is 531 g/mol. The standard InChI is InChI=1S/C33H26N2O5/c36-29(40-30(22-11-3-1-4-12-22)23-13-5-2-6-14-23)21-34-20-25-16-8-7-15-24(25)19-28(33(34)39)35-31(37)26-17-9-10-18-27(26)32(35)38/h1-18,28,30H,19-21H2/t28-/m0/s1. The van der Waals surface area contributed by atoms with Crippen molar-refractivity contribution >= 4 is 23.7 Å². The summed E-state index contributed by atoms with van der Waals surface area (Å²) in [4.78, 5) is 56.4. The van der Waals surface area contributed by atoms with Crippen molar-refractivity contribution < 1.29 is 23.9 Å². The van der Waals surface area contributed by atoms with Crippen LogP contribution in [0, 0.1) is 0 Å². The third-order valence-corrected chi connectivity index (χ3v) is 7.40. The lowest BCUT2D eigenvalue weighted by atomic mass is 10.0. The Hall–Kier alpha value is -5.04. The predicted molar refractivity (Wildman–Crippen MR) is 147 cm³/mol. The number of hydrogen-bond acceptors (Lipinski definition) is 5. The molecule has 0 aliphatic carbocycles. The van der Waals surface area contributed by atoms with Gasteiger partial charge in [-0.1, -0.05) is 97.1 Å². The first-order chi connectivity index (χ1) is 19.5. The lowest BCUT2D eigenvalue weighted by molar-refractivity contribution is -0.153. The zero-order chi connectivity index (χ0) is 27.6. The van der Waals surface area contributed by atoms with Gasteiger partial charge in [0.05, 0.1) is 11.1 Å². The summed E-state index contributed by atoms with van der Waals surface area (Å²) in [7, 11) is 0. The van der Waals surface area contributed by atoms with Crippen molar-refractivity contribution in [3.63, 3.8) is 0 Å². The van der Waals surface area contributed by atoms with Gasteiger partial charge in [0.1, 0.15) is 12.6 Å². The van der Waals surface area contributed by atoms with Crippen LogP contribution in [0.1, 0.15) is 49.1 Å². The van der Waals surface area contributed by atoms with Gasteiger partial charge < -0.3 is 9.64 Å². The first-order valence-corrected chi connectivity index (χ1v) is 13.1. The van der Waals surface area contributed by atoms with Crippen molar-refractivity contribution in [2.75, 3.05) is 6.54 Å². The van der Waals surface area contributed by atoms with Crippen LogP contribution in [0.3, 0.4) is 0 Å². The monoisotopic (exact) mass is 530 g/mol. The average Bonchev–Trinajstić information content (AvgIpc) is 3.16. The van der Waals surface area contributed by atoms with Crippen molar-refractivity contribution in [2.45, 2.75) is 25.1 Å². The number of rotatable bonds is 6. The summed E-state index contributed by atoms with van der Waals surface area (Å²) >= 11 is 0. The van der Waals surface area contributed by atoms with Crippen LogP contribution in [0.15, 0.2) is 109 Å². The molecule has 0 saturated heterocycles. The fourth-order valence-corrected chi connectivity index (χ4v) is 5.44. The van der Waals surface area contributed by atoms with Gasteiger partial charge in [0.2, 0.25) is 5.91 Å². The Balaban J connectivity index is 1.30. The van der Waals surface area contributed by atoms with E-state index in [1.165, 1.54) is 4.90 Å². The molecule has 0 bridgehead atoms. The maximum Gasteiger partial charge on any atom is 0.326 e. The maximum atomic E-state index is 14.0. The first kappa shape index (κ1) is 25.2. The highest BCUT2D eigenvalue weighted by Crippen LogP contribution is 2.30. The van der Waals surface area contributed by atoms with Crippen molar-refractivity contribution in [2.24, 2.45) is 0 Å². The van der Waals surface area contributed by atoms with Crippen LogP contribution in [-0.4, -0.2) is 46.1 Å². The number of esters is 1. The van der Waals surface area contributed by atoms with E-state index in [1.807, 2.05) is 84.9 Å². The lowest BCUT2D eigenvalue weighted by Crippen LogP contribution is -2.51. The third kappa shape index (κ3) is 4.66. The van der Waals surface area contributed by atoms with Crippen molar-refractivity contribution in [1.29, 1.82) is 0 Å². The SMILES string of the molecule is O=C(CN1Cc2ccccc2C[C@H](N2C(=O)c3ccccc3C2=O)C1=O)OC(c1ccccc1)c1ccccc1. The molecule has 0 fully saturated rings. The normalized spacial score (nSPS) is 16.5. The second-order valence-corrected chi connectivity index (χ2v) is 9.90. The van der Waals surface area contributed by atoms with Gasteiger partial charge >= 0.3 is 5.97 Å². The van der Waals surface area contributed by atoms with E-state index in [0.717, 1.165) is 27.2 Å². The van der Waals surface area contributed by atoms with E-state index in [9.17, 15) is 19.2 Å². The molecule has 0 unspecified atom stereocenters. The Morgan fingerprint density at radius 1 is 0.700 bits per heavy atom. The number of ether oxygens (including phenoxy) is 1. The molecule has 0 aromatic heterocycles. The minimum atomic E-state index is -1.08. The summed E-state index contributed by atoms with van der Waals surface area (Å²) in [5.41, 5.74) is 3.86. The number of carbonyl (C=O) groups is 4. The molecule has 2 heterocycles. The summed E-state index contributed by atoms with van der Waals surface area (Å²) < 4.78 is 5.98. The predicted octanol–water partition coefficient (Wildman–Crippen LogP) is 4.57. The van der Waals surface area contributed by atoms with Crippen molar-refractivity contribution in [3.8, 4) is 0 Å². The largest absolute Gasteiger partial charge is 0.451 e. The molecule has 40 heavy (non-hydrogen) atoms. The minimum Gasteiger partial charge on any atom is -0.451 e. The molecular weight excluding hydrogens is 504 g/mol. The van der Waals surface area contributed by atoms with E-state index in [1.54, 1.807) is 24.3 Å². The summed E-state index contributed by atoms with van der Waals surface area (Å²) in [5.74, 6) is -2.08. The van der Waals surface area contributed by atoms with Crippen LogP contribution in [0.2, 0.25) is 0 Å². The fourth-order valence-electron chi connectivity index (χ4n) is 5.44. The van der Waals surface area contributed by atoms with E-state index in [0.29, 0.717) is 0 Å². The molecule has 4 aromatic rings. The van der Waals surface area contributed by atoms with Gasteiger partial charge in [-0.2, -0.15) is 0 Å². The van der Waals surface area contributed by atoms with E-state index < -0.39 is 35.8 Å². The second kappa shape index (κ2) is 10.6. The third-order valence-electron chi connectivity index (χ3n) is 7.40. The quantitative estimate of drug-likeness (QED) is 0.269. The molecule has 7 heteroatoms. The highest BCUT2D eigenvalue weighted by atomic mass is 16.5. The Bertz CT molecular complexity index is 1530.